The van der Waals surface area contributed by atoms with Crippen molar-refractivity contribution in [1.29, 1.82) is 0 Å². The first-order valence-electron chi connectivity index (χ1n) is 9.83. The molecule has 0 aromatic heterocycles. The molecule has 1 saturated carbocycles. The molecular formula is C22H24BrN3O3S. The number of carbonyl (C=O) groups is 2. The number of hydrogen-bond donors (Lipinski definition) is 3. The number of nitrogens with one attached hydrogen (secondary N) is 3. The predicted octanol–water partition coefficient (Wildman–Crippen LogP) is 4.65. The van der Waals surface area contributed by atoms with Crippen molar-refractivity contribution < 1.29 is 14.3 Å². The van der Waals surface area contributed by atoms with E-state index in [0.29, 0.717) is 22.6 Å². The fourth-order valence-corrected chi connectivity index (χ4v) is 3.98. The Kier molecular flexibility index (Phi) is 7.81. The van der Waals surface area contributed by atoms with Crippen molar-refractivity contribution in [3.8, 4) is 5.75 Å². The molecule has 158 valence electrons. The number of amides is 2. The third-order valence-electron chi connectivity index (χ3n) is 4.98. The normalized spacial score (nSPS) is 13.9. The first-order valence-corrected chi connectivity index (χ1v) is 11.0. The van der Waals surface area contributed by atoms with Crippen LogP contribution in [0, 0.1) is 0 Å². The van der Waals surface area contributed by atoms with E-state index in [1.165, 1.54) is 26.4 Å². The summed E-state index contributed by atoms with van der Waals surface area (Å²) in [5.41, 5.74) is 1.64. The van der Waals surface area contributed by atoms with Crippen LogP contribution in [-0.2, 0) is 0 Å². The van der Waals surface area contributed by atoms with Crippen molar-refractivity contribution in [2.45, 2.75) is 38.1 Å². The SMILES string of the molecule is COc1ccc(Br)cc1C(=O)NC(=S)Nc1ccc(C(=O)NC2CCCCC2)cc1. The number of hydrogen-bond acceptors (Lipinski definition) is 4. The lowest BCUT2D eigenvalue weighted by Crippen LogP contribution is -2.36. The maximum atomic E-state index is 12.5. The Morgan fingerprint density at radius 2 is 1.73 bits per heavy atom. The molecule has 0 spiro atoms. The van der Waals surface area contributed by atoms with E-state index in [2.05, 4.69) is 31.9 Å². The van der Waals surface area contributed by atoms with Gasteiger partial charge in [-0.1, -0.05) is 35.2 Å². The second-order valence-electron chi connectivity index (χ2n) is 7.14. The van der Waals surface area contributed by atoms with E-state index in [4.69, 9.17) is 17.0 Å². The summed E-state index contributed by atoms with van der Waals surface area (Å²) in [4.78, 5) is 24.9. The summed E-state index contributed by atoms with van der Waals surface area (Å²) in [6.45, 7) is 0. The van der Waals surface area contributed by atoms with E-state index in [0.717, 1.165) is 17.3 Å². The van der Waals surface area contributed by atoms with Gasteiger partial charge in [0.1, 0.15) is 5.75 Å². The minimum atomic E-state index is -0.380. The van der Waals surface area contributed by atoms with E-state index < -0.39 is 0 Å². The van der Waals surface area contributed by atoms with Crippen LogP contribution in [0.2, 0.25) is 0 Å². The van der Waals surface area contributed by atoms with Gasteiger partial charge in [0.25, 0.3) is 11.8 Å². The highest BCUT2D eigenvalue weighted by atomic mass is 79.9. The monoisotopic (exact) mass is 489 g/mol. The molecule has 0 unspecified atom stereocenters. The van der Waals surface area contributed by atoms with Gasteiger partial charge in [0.2, 0.25) is 0 Å². The van der Waals surface area contributed by atoms with E-state index in [1.54, 1.807) is 42.5 Å². The van der Waals surface area contributed by atoms with Crippen LogP contribution in [0.15, 0.2) is 46.9 Å². The molecule has 30 heavy (non-hydrogen) atoms. The largest absolute Gasteiger partial charge is 0.496 e. The lowest BCUT2D eigenvalue weighted by molar-refractivity contribution is 0.0926. The molecule has 6 nitrogen and oxygen atoms in total. The molecule has 8 heteroatoms. The zero-order valence-electron chi connectivity index (χ0n) is 16.7. The minimum absolute atomic E-state index is 0.0638. The van der Waals surface area contributed by atoms with Gasteiger partial charge in [0.05, 0.1) is 12.7 Å². The van der Waals surface area contributed by atoms with Crippen LogP contribution >= 0.6 is 28.1 Å². The van der Waals surface area contributed by atoms with Crippen LogP contribution in [0.3, 0.4) is 0 Å². The smallest absolute Gasteiger partial charge is 0.261 e. The number of rotatable bonds is 5. The zero-order valence-corrected chi connectivity index (χ0v) is 19.1. The Balaban J connectivity index is 1.56. The summed E-state index contributed by atoms with van der Waals surface area (Å²) < 4.78 is 5.99. The van der Waals surface area contributed by atoms with Gasteiger partial charge in [0.15, 0.2) is 5.11 Å². The van der Waals surface area contributed by atoms with Gasteiger partial charge >= 0.3 is 0 Å². The van der Waals surface area contributed by atoms with Crippen LogP contribution in [-0.4, -0.2) is 30.1 Å². The topological polar surface area (TPSA) is 79.5 Å². The summed E-state index contributed by atoms with van der Waals surface area (Å²) in [6, 6.07) is 12.4. The predicted molar refractivity (Wildman–Crippen MR) is 125 cm³/mol. The fraction of sp³-hybridized carbons (Fsp3) is 0.318. The Bertz CT molecular complexity index is 928. The highest BCUT2D eigenvalue weighted by Crippen LogP contribution is 2.23. The average Bonchev–Trinajstić information content (AvgIpc) is 2.74. The van der Waals surface area contributed by atoms with Gasteiger partial charge in [-0.3, -0.25) is 14.9 Å². The quantitative estimate of drug-likeness (QED) is 0.532. The third-order valence-corrected chi connectivity index (χ3v) is 5.68. The summed E-state index contributed by atoms with van der Waals surface area (Å²) in [6.07, 6.45) is 5.67. The Hall–Kier alpha value is -2.45. The molecule has 1 aliphatic rings. The second kappa shape index (κ2) is 10.5. The zero-order chi connectivity index (χ0) is 21.5. The highest BCUT2D eigenvalue weighted by Gasteiger charge is 2.17. The van der Waals surface area contributed by atoms with Crippen LogP contribution in [0.1, 0.15) is 52.8 Å². The standard InChI is InChI=1S/C22H24BrN3O3S/c1-29-19-12-9-15(23)13-18(19)21(28)26-22(30)25-17-10-7-14(8-11-17)20(27)24-16-5-3-2-4-6-16/h7-13,16H,2-6H2,1H3,(H,24,27)(H2,25,26,28,30). The number of benzene rings is 2. The lowest BCUT2D eigenvalue weighted by atomic mass is 9.95. The third kappa shape index (κ3) is 6.03. The van der Waals surface area contributed by atoms with E-state index in [9.17, 15) is 9.59 Å². The molecular weight excluding hydrogens is 466 g/mol. The van der Waals surface area contributed by atoms with Gasteiger partial charge in [-0.15, -0.1) is 0 Å². The molecule has 2 aromatic rings. The van der Waals surface area contributed by atoms with Crippen LogP contribution in [0.4, 0.5) is 5.69 Å². The molecule has 2 amide bonds. The first kappa shape index (κ1) is 22.2. The molecule has 0 aliphatic heterocycles. The molecule has 3 N–H and O–H groups in total. The minimum Gasteiger partial charge on any atom is -0.496 e. The van der Waals surface area contributed by atoms with E-state index in [-0.39, 0.29) is 23.0 Å². The molecule has 0 radical (unpaired) electrons. The van der Waals surface area contributed by atoms with Crippen molar-refractivity contribution in [3.05, 3.63) is 58.1 Å². The molecule has 1 fully saturated rings. The van der Waals surface area contributed by atoms with E-state index >= 15 is 0 Å². The van der Waals surface area contributed by atoms with Crippen molar-refractivity contribution in [2.75, 3.05) is 12.4 Å². The number of anilines is 1. The molecule has 2 aromatic carbocycles. The molecule has 3 rings (SSSR count). The number of thiocarbonyl (C=S) groups is 1. The van der Waals surface area contributed by atoms with Crippen LogP contribution in [0.25, 0.3) is 0 Å². The van der Waals surface area contributed by atoms with Crippen LogP contribution < -0.4 is 20.7 Å². The Morgan fingerprint density at radius 1 is 1.03 bits per heavy atom. The molecule has 0 bridgehead atoms. The second-order valence-corrected chi connectivity index (χ2v) is 8.46. The van der Waals surface area contributed by atoms with Crippen molar-refractivity contribution in [3.63, 3.8) is 0 Å². The van der Waals surface area contributed by atoms with Gasteiger partial charge in [-0.05, 0) is 67.5 Å². The number of carbonyl (C=O) groups excluding carboxylic acids is 2. The molecule has 0 heterocycles. The van der Waals surface area contributed by atoms with Gasteiger partial charge in [-0.25, -0.2) is 0 Å². The van der Waals surface area contributed by atoms with E-state index in [1.807, 2.05) is 0 Å². The fourth-order valence-electron chi connectivity index (χ4n) is 3.41. The maximum absolute atomic E-state index is 12.5. The Labute approximate surface area is 189 Å². The molecule has 0 saturated heterocycles. The number of halogens is 1. The number of ether oxygens (including phenoxy) is 1. The summed E-state index contributed by atoms with van der Waals surface area (Å²) in [5.74, 6) is 0.00652. The lowest BCUT2D eigenvalue weighted by Gasteiger charge is -2.22. The first-order chi connectivity index (χ1) is 14.5. The van der Waals surface area contributed by atoms with Crippen molar-refractivity contribution in [1.82, 2.24) is 10.6 Å². The molecule has 0 atom stereocenters. The summed E-state index contributed by atoms with van der Waals surface area (Å²) >= 11 is 8.59. The summed E-state index contributed by atoms with van der Waals surface area (Å²) in [7, 11) is 1.50. The average molecular weight is 490 g/mol. The van der Waals surface area contributed by atoms with Crippen molar-refractivity contribution in [2.24, 2.45) is 0 Å². The van der Waals surface area contributed by atoms with Gasteiger partial charge in [-0.2, -0.15) is 0 Å². The van der Waals surface area contributed by atoms with Crippen LogP contribution in [0.5, 0.6) is 5.75 Å². The van der Waals surface area contributed by atoms with Gasteiger partial charge < -0.3 is 15.4 Å². The maximum Gasteiger partial charge on any atom is 0.261 e. The summed E-state index contributed by atoms with van der Waals surface area (Å²) in [5, 5.41) is 8.85. The van der Waals surface area contributed by atoms with Crippen molar-refractivity contribution >= 4 is 50.8 Å². The highest BCUT2D eigenvalue weighted by molar-refractivity contribution is 9.10. The molecule has 1 aliphatic carbocycles. The number of methoxy groups -OCH3 is 1. The van der Waals surface area contributed by atoms with Gasteiger partial charge in [0, 0.05) is 21.8 Å². The Morgan fingerprint density at radius 3 is 2.40 bits per heavy atom.